The maximum atomic E-state index is 15.9. The molecule has 0 fully saturated rings. The van der Waals surface area contributed by atoms with Crippen molar-refractivity contribution in [3.8, 4) is 46.0 Å². The number of benzene rings is 9. The Hall–Kier alpha value is -12.6. The van der Waals surface area contributed by atoms with E-state index >= 15 is 45.5 Å². The molecule has 0 radical (unpaired) electrons. The van der Waals surface area contributed by atoms with Gasteiger partial charge in [-0.25, -0.2) is 28.8 Å². The second-order valence-electron chi connectivity index (χ2n) is 27.3. The summed E-state index contributed by atoms with van der Waals surface area (Å²) < 4.78 is 317. The van der Waals surface area contributed by atoms with Crippen LogP contribution in [0.2, 0.25) is 0 Å². The number of amides is 4. The number of hydrogen-bond donors (Lipinski definition) is 0. The van der Waals surface area contributed by atoms with Gasteiger partial charge >= 0.3 is 72.9 Å². The van der Waals surface area contributed by atoms with Gasteiger partial charge in [-0.1, -0.05) is 121 Å². The molecule has 0 aliphatic carbocycles. The van der Waals surface area contributed by atoms with Crippen LogP contribution >= 0.6 is 46.4 Å². The van der Waals surface area contributed by atoms with E-state index in [1.807, 2.05) is 0 Å². The molecule has 0 spiro atoms. The summed E-state index contributed by atoms with van der Waals surface area (Å²) in [5, 5.41) is -8.16. The third kappa shape index (κ3) is 21.2. The summed E-state index contributed by atoms with van der Waals surface area (Å²) in [6.07, 6.45) is -55.6. The van der Waals surface area contributed by atoms with Crippen molar-refractivity contribution in [1.82, 2.24) is 9.80 Å². The minimum absolute atomic E-state index is 0.138. The second kappa shape index (κ2) is 36.6. The lowest BCUT2D eigenvalue weighted by Gasteiger charge is -2.36. The van der Waals surface area contributed by atoms with Crippen molar-refractivity contribution >= 4 is 149 Å². The summed E-state index contributed by atoms with van der Waals surface area (Å²) in [6, 6.07) is 13.9. The van der Waals surface area contributed by atoms with E-state index in [-0.39, 0.29) is 47.9 Å². The van der Waals surface area contributed by atoms with Crippen LogP contribution in [0.15, 0.2) is 168 Å². The molecular formula is C82H52Cl4F18N2O20. The molecule has 9 aromatic carbocycles. The van der Waals surface area contributed by atoms with Crippen molar-refractivity contribution in [2.45, 2.75) is 99.9 Å². The average Bonchev–Trinajstić information content (AvgIpc) is 0.669. The lowest BCUT2D eigenvalue weighted by molar-refractivity contribution is -0.315. The van der Waals surface area contributed by atoms with Crippen molar-refractivity contribution in [3.63, 3.8) is 0 Å². The topological polar surface area (TPSA) is 269 Å². The van der Waals surface area contributed by atoms with Crippen LogP contribution in [-0.4, -0.2) is 157 Å². The van der Waals surface area contributed by atoms with E-state index in [1.54, 1.807) is 0 Å². The summed E-state index contributed by atoms with van der Waals surface area (Å²) in [5.41, 5.74) is -3.62. The summed E-state index contributed by atoms with van der Waals surface area (Å²) in [4.78, 5) is 139. The van der Waals surface area contributed by atoms with Crippen LogP contribution in [0.3, 0.4) is 0 Å². The molecule has 2 aliphatic rings. The highest BCUT2D eigenvalue weighted by atomic mass is 35.5. The van der Waals surface area contributed by atoms with Crippen LogP contribution in [-0.2, 0) is 82.9 Å². The van der Waals surface area contributed by atoms with Crippen LogP contribution in [0, 0.1) is 0 Å². The fourth-order valence-corrected chi connectivity index (χ4v) is 13.4. The Morgan fingerprint density at radius 2 is 0.508 bits per heavy atom. The highest BCUT2D eigenvalue weighted by Crippen LogP contribution is 2.59. The van der Waals surface area contributed by atoms with Crippen LogP contribution < -0.4 is 18.9 Å². The Labute approximate surface area is 714 Å². The summed E-state index contributed by atoms with van der Waals surface area (Å²) >= 11 is 22.7. The van der Waals surface area contributed by atoms with E-state index in [0.717, 1.165) is 48.5 Å². The number of carbonyl (C=O) groups is 10. The van der Waals surface area contributed by atoms with Gasteiger partial charge in [0, 0.05) is 68.8 Å². The molecule has 126 heavy (non-hydrogen) atoms. The van der Waals surface area contributed by atoms with Crippen LogP contribution in [0.4, 0.5) is 79.0 Å². The number of esters is 6. The van der Waals surface area contributed by atoms with Crippen LogP contribution in [0.5, 0.6) is 46.0 Å². The summed E-state index contributed by atoms with van der Waals surface area (Å²) in [5.74, 6) is -24.8. The van der Waals surface area contributed by atoms with Gasteiger partial charge in [0.05, 0.1) is 61.5 Å². The number of fused-ring (bicyclic) bond motifs is 2. The van der Waals surface area contributed by atoms with E-state index in [2.05, 4.69) is 35.8 Å². The predicted molar refractivity (Wildman–Crippen MR) is 406 cm³/mol. The highest BCUT2D eigenvalue weighted by molar-refractivity contribution is 6.46. The zero-order chi connectivity index (χ0) is 92.7. The van der Waals surface area contributed by atoms with Gasteiger partial charge in [-0.05, 0) is 95.1 Å². The minimum atomic E-state index is -6.68. The molecule has 2 unspecified atom stereocenters. The molecular weight excluding hydrogens is 1820 g/mol. The molecule has 0 saturated heterocycles. The van der Waals surface area contributed by atoms with E-state index in [9.17, 15) is 81.5 Å². The first-order valence-electron chi connectivity index (χ1n) is 35.8. The first-order valence-corrected chi connectivity index (χ1v) is 37.3. The van der Waals surface area contributed by atoms with Crippen molar-refractivity contribution < 1.29 is 174 Å². The molecule has 664 valence electrons. The fourth-order valence-electron chi connectivity index (χ4n) is 13.2. The predicted octanol–water partition coefficient (Wildman–Crippen LogP) is 20.2. The van der Waals surface area contributed by atoms with Crippen molar-refractivity contribution in [2.24, 2.45) is 0 Å². The van der Waals surface area contributed by atoms with Gasteiger partial charge in [-0.15, -0.1) is 0 Å². The van der Waals surface area contributed by atoms with Crippen molar-refractivity contribution in [1.29, 1.82) is 0 Å². The molecule has 0 aromatic heterocycles. The molecule has 11 rings (SSSR count). The molecule has 22 nitrogen and oxygen atoms in total. The van der Waals surface area contributed by atoms with Crippen molar-refractivity contribution in [3.05, 3.63) is 212 Å². The Bertz CT molecular complexity index is 5270. The Kier molecular flexibility index (Phi) is 27.3. The van der Waals surface area contributed by atoms with E-state index in [0.29, 0.717) is 24.3 Å². The number of halogens is 22. The van der Waals surface area contributed by atoms with E-state index in [4.69, 9.17) is 84.3 Å². The molecule has 2 atom stereocenters. The SMILES string of the molecule is C=C(Cl)C(=O)OCCc1ccc(Oc2cc3c4c(cc(Oc5ccc(CCOC(=O)C(=C)Cl)cc5)c5c6c(Oc7ccc(CCOC(=O)C(=C)Cl)cc7)cc7c8c(cc(Oc9ccc(CCOC(=O)C(=C)Cl)cc9)c(c2c45)c86)C(=O)N(C(CC(F)(F)F)C(=O)OC(C(F)(F)F)C(F)(F)F)C7=O)C(=O)N(C(CC(F)(F)F)C(=O)OC(C(F)(F)F)C(F)(F)F)C3=O)cc1. The smallest absolute Gasteiger partial charge is 0.434 e. The van der Waals surface area contributed by atoms with Gasteiger partial charge in [0.1, 0.15) is 78.2 Å². The lowest BCUT2D eigenvalue weighted by atomic mass is 9.80. The third-order valence-corrected chi connectivity index (χ3v) is 19.2. The molecule has 44 heteroatoms. The first-order chi connectivity index (χ1) is 58.7. The highest BCUT2D eigenvalue weighted by Gasteiger charge is 2.63. The third-order valence-electron chi connectivity index (χ3n) is 18.6. The Morgan fingerprint density at radius 1 is 0.310 bits per heavy atom. The number of hydrogen-bond acceptors (Lipinski definition) is 20. The lowest BCUT2D eigenvalue weighted by Crippen LogP contribution is -2.55. The maximum absolute atomic E-state index is 15.9. The molecule has 0 saturated carbocycles. The Balaban J connectivity index is 1.32. The second-order valence-corrected chi connectivity index (χ2v) is 29.1. The molecule has 0 bridgehead atoms. The number of ether oxygens (including phenoxy) is 10. The molecule has 9 aromatic rings. The molecule has 2 aliphatic heterocycles. The Morgan fingerprint density at radius 3 is 0.683 bits per heavy atom. The number of nitrogens with zero attached hydrogens (tertiary/aromatic N) is 2. The van der Waals surface area contributed by atoms with E-state index < -0.39 is 301 Å². The number of alkyl halides is 18. The monoisotopic (exact) mass is 1870 g/mol. The molecule has 2 heterocycles. The minimum Gasteiger partial charge on any atom is -0.461 e. The number of imide groups is 2. The van der Waals surface area contributed by atoms with E-state index in [1.165, 1.54) is 48.5 Å². The molecule has 0 N–H and O–H groups in total. The fraction of sp³-hybridized carbons (Fsp3) is 0.244. The zero-order valence-corrected chi connectivity index (χ0v) is 66.2. The zero-order valence-electron chi connectivity index (χ0n) is 63.1. The first kappa shape index (κ1) is 94.1. The molecule has 4 amide bonds. The van der Waals surface area contributed by atoms with Gasteiger partial charge in [-0.2, -0.15) is 79.0 Å². The van der Waals surface area contributed by atoms with Gasteiger partial charge < -0.3 is 47.4 Å². The number of rotatable bonds is 32. The largest absolute Gasteiger partial charge is 0.461 e. The summed E-state index contributed by atoms with van der Waals surface area (Å²) in [6.45, 7) is 11.5. The van der Waals surface area contributed by atoms with Crippen LogP contribution in [0.25, 0.3) is 43.1 Å². The van der Waals surface area contributed by atoms with Gasteiger partial charge in [0.2, 0.25) is 0 Å². The normalized spacial score (nSPS) is 13.7. The van der Waals surface area contributed by atoms with Crippen molar-refractivity contribution in [2.75, 3.05) is 26.4 Å². The van der Waals surface area contributed by atoms with Gasteiger partial charge in [0.15, 0.2) is 0 Å². The quantitative estimate of drug-likeness (QED) is 0.00721. The number of carbonyl (C=O) groups excluding carboxylic acids is 10. The van der Waals surface area contributed by atoms with Gasteiger partial charge in [-0.3, -0.25) is 29.0 Å². The van der Waals surface area contributed by atoms with Gasteiger partial charge in [0.25, 0.3) is 35.8 Å². The summed E-state index contributed by atoms with van der Waals surface area (Å²) in [7, 11) is 0. The standard InChI is InChI=1S/C82H52Cl4F18N2O20/c1-35(83)69(111)117-25-21-39-5-13-43(14-6-39)121-53-29-47-57-48(66(108)105(65(47)107)51(33-77(87,88)89)73(115)125-75(79(93,94)95)80(96,97)98)31-55(123-45-17-9-41(10-18-45)23-27-119-71(113)37(3)85)61-62-56(124-46-19-11-42(12-20-46)24-28-120-72(114)38(4)86)32-50-58-49(67(109)106(68(50)110)52(34-78(90,91)92)74(116)126-76(81(99,100)101)82(102,103)104)30-54(60(64(58)62)59(53)63(57)61)122-44-15-7-40(8-16-44)22-26-118-70(112)36(2)84/h5-20,29-32,51-52,75-76H,1-4,21-28,33-34H2. The van der Waals surface area contributed by atoms with Crippen LogP contribution in [0.1, 0.15) is 76.5 Å². The maximum Gasteiger partial charge on any atom is 0.434 e. The average molecular weight is 1870 g/mol.